The van der Waals surface area contributed by atoms with Crippen LogP contribution in [0.1, 0.15) is 0 Å². The van der Waals surface area contributed by atoms with Crippen molar-refractivity contribution in [3.8, 4) is 5.75 Å². The summed E-state index contributed by atoms with van der Waals surface area (Å²) < 4.78 is 0. The second-order valence-electron chi connectivity index (χ2n) is 3.25. The van der Waals surface area contributed by atoms with Gasteiger partial charge in [-0.25, -0.2) is 0 Å². The van der Waals surface area contributed by atoms with E-state index < -0.39 is 0 Å². The van der Waals surface area contributed by atoms with E-state index in [1.54, 1.807) is 24.5 Å². The number of carbonyl (C=O) groups is 1. The molecule has 16 heavy (non-hydrogen) atoms. The number of aromatic nitrogens is 1. The molecule has 2 rings (SSSR count). The minimum absolute atomic E-state index is 0.161. The molecule has 4 heteroatoms. The molecule has 1 heterocycles. The summed E-state index contributed by atoms with van der Waals surface area (Å²) in [5.41, 5.74) is 0.603. The van der Waals surface area contributed by atoms with Crippen molar-refractivity contribution in [1.29, 1.82) is 0 Å². The van der Waals surface area contributed by atoms with Gasteiger partial charge in [0.1, 0.15) is 5.75 Å². The monoisotopic (exact) mass is 214 g/mol. The largest absolute Gasteiger partial charge is 0.507 e. The number of carbonyl (C=O) groups excluding carboxylic acids is 1. The van der Waals surface area contributed by atoms with Crippen LogP contribution in [0, 0.1) is 0 Å². The first-order valence-corrected chi connectivity index (χ1v) is 4.71. The Hall–Kier alpha value is -2.36. The second kappa shape index (κ2) is 4.02. The van der Waals surface area contributed by atoms with Crippen molar-refractivity contribution in [2.24, 2.45) is 0 Å². The number of rotatable bonds is 2. The highest BCUT2D eigenvalue weighted by Gasteiger charge is 2.06. The van der Waals surface area contributed by atoms with Crippen molar-refractivity contribution in [2.75, 3.05) is 5.32 Å². The molecule has 4 nitrogen and oxygen atoms in total. The molecule has 1 amide bonds. The Morgan fingerprint density at radius 1 is 1.38 bits per heavy atom. The summed E-state index contributed by atoms with van der Waals surface area (Å²) in [4.78, 5) is 15.2. The zero-order chi connectivity index (χ0) is 11.5. The predicted molar refractivity (Wildman–Crippen MR) is 62.2 cm³/mol. The van der Waals surface area contributed by atoms with Gasteiger partial charge in [-0.05, 0) is 24.3 Å². The summed E-state index contributed by atoms with van der Waals surface area (Å²) in [6.07, 6.45) is 4.37. The lowest BCUT2D eigenvalue weighted by Crippen LogP contribution is -2.07. The first kappa shape index (κ1) is 10.2. The maximum atomic E-state index is 11.2. The smallest absolute Gasteiger partial charge is 0.247 e. The molecule has 0 saturated heterocycles. The van der Waals surface area contributed by atoms with Crippen LogP contribution >= 0.6 is 0 Å². The van der Waals surface area contributed by atoms with Crippen LogP contribution in [-0.4, -0.2) is 16.0 Å². The third-order valence-electron chi connectivity index (χ3n) is 2.24. The van der Waals surface area contributed by atoms with Crippen molar-refractivity contribution in [2.45, 2.75) is 0 Å². The van der Waals surface area contributed by atoms with Crippen molar-refractivity contribution in [1.82, 2.24) is 4.98 Å². The van der Waals surface area contributed by atoms with E-state index in [1.165, 1.54) is 12.1 Å². The summed E-state index contributed by atoms with van der Waals surface area (Å²) in [6, 6.07) is 4.84. The lowest BCUT2D eigenvalue weighted by Gasteiger charge is -2.07. The second-order valence-corrected chi connectivity index (χ2v) is 3.25. The van der Waals surface area contributed by atoms with E-state index in [2.05, 4.69) is 16.9 Å². The molecule has 0 saturated carbocycles. The van der Waals surface area contributed by atoms with Gasteiger partial charge in [-0.2, -0.15) is 0 Å². The highest BCUT2D eigenvalue weighted by molar-refractivity contribution is 6.06. The molecule has 1 aromatic heterocycles. The number of hydrogen-bond acceptors (Lipinski definition) is 3. The Labute approximate surface area is 92.2 Å². The predicted octanol–water partition coefficient (Wildman–Crippen LogP) is 2.06. The van der Waals surface area contributed by atoms with Crippen LogP contribution in [0.5, 0.6) is 5.75 Å². The third kappa shape index (κ3) is 1.72. The van der Waals surface area contributed by atoms with Gasteiger partial charge in [0.05, 0.1) is 5.69 Å². The summed E-state index contributed by atoms with van der Waals surface area (Å²) in [5.74, 6) is -0.134. The molecule has 2 N–H and O–H groups in total. The number of phenols is 1. The lowest BCUT2D eigenvalue weighted by molar-refractivity contribution is -0.111. The first-order chi connectivity index (χ1) is 7.72. The fourth-order valence-electron chi connectivity index (χ4n) is 1.47. The summed E-state index contributed by atoms with van der Waals surface area (Å²) in [5, 5.41) is 13.6. The third-order valence-corrected chi connectivity index (χ3v) is 2.24. The quantitative estimate of drug-likeness (QED) is 0.594. The zero-order valence-electron chi connectivity index (χ0n) is 8.47. The number of phenolic OH excluding ortho intramolecular Hbond substituents is 1. The van der Waals surface area contributed by atoms with Crippen molar-refractivity contribution in [3.63, 3.8) is 0 Å². The molecule has 0 radical (unpaired) electrons. The summed E-state index contributed by atoms with van der Waals surface area (Å²) >= 11 is 0. The van der Waals surface area contributed by atoms with Gasteiger partial charge in [0.2, 0.25) is 5.91 Å². The molecule has 0 aliphatic heterocycles. The Bertz CT molecular complexity index is 564. The fraction of sp³-hybridized carbons (Fsp3) is 0. The average molecular weight is 214 g/mol. The van der Waals surface area contributed by atoms with E-state index in [0.29, 0.717) is 16.5 Å². The minimum Gasteiger partial charge on any atom is -0.507 e. The molecule has 1 aromatic carbocycles. The van der Waals surface area contributed by atoms with Crippen LogP contribution in [0.4, 0.5) is 5.69 Å². The van der Waals surface area contributed by atoms with Gasteiger partial charge in [-0.1, -0.05) is 6.58 Å². The van der Waals surface area contributed by atoms with Crippen LogP contribution in [0.15, 0.2) is 43.2 Å². The minimum atomic E-state index is -0.296. The van der Waals surface area contributed by atoms with Gasteiger partial charge in [-0.15, -0.1) is 0 Å². The number of nitrogens with one attached hydrogen (secondary N) is 1. The van der Waals surface area contributed by atoms with Crippen molar-refractivity contribution < 1.29 is 9.90 Å². The van der Waals surface area contributed by atoms with Crippen LogP contribution in [0.2, 0.25) is 0 Å². The van der Waals surface area contributed by atoms with Gasteiger partial charge in [-0.3, -0.25) is 9.78 Å². The molecule has 0 aliphatic rings. The molecule has 0 atom stereocenters. The van der Waals surface area contributed by atoms with E-state index in [1.807, 2.05) is 0 Å². The first-order valence-electron chi connectivity index (χ1n) is 4.71. The molecular formula is C12H10N2O2. The molecule has 0 aliphatic carbocycles. The van der Waals surface area contributed by atoms with E-state index in [0.717, 1.165) is 0 Å². The van der Waals surface area contributed by atoms with Gasteiger partial charge >= 0.3 is 0 Å². The molecule has 0 bridgehead atoms. The lowest BCUT2D eigenvalue weighted by atomic mass is 10.1. The normalized spacial score (nSPS) is 10.0. The number of anilines is 1. The molecule has 0 fully saturated rings. The SMILES string of the molecule is C=CC(=O)Nc1ccc(O)c2ccncc12. The van der Waals surface area contributed by atoms with Crippen molar-refractivity contribution in [3.05, 3.63) is 43.2 Å². The standard InChI is InChI=1S/C12H10N2O2/c1-2-12(16)14-10-3-4-11(15)8-5-6-13-7-9(8)10/h2-7,15H,1H2,(H,14,16). The molecule has 0 unspecified atom stereocenters. The maximum Gasteiger partial charge on any atom is 0.247 e. The maximum absolute atomic E-state index is 11.2. The zero-order valence-corrected chi connectivity index (χ0v) is 8.47. The highest BCUT2D eigenvalue weighted by atomic mass is 16.3. The number of hydrogen-bond donors (Lipinski definition) is 2. The van der Waals surface area contributed by atoms with Gasteiger partial charge in [0, 0.05) is 23.2 Å². The number of fused-ring (bicyclic) bond motifs is 1. The summed E-state index contributed by atoms with van der Waals surface area (Å²) in [7, 11) is 0. The Balaban J connectivity index is 2.58. The van der Waals surface area contributed by atoms with E-state index in [-0.39, 0.29) is 11.7 Å². The van der Waals surface area contributed by atoms with Gasteiger partial charge in [0.25, 0.3) is 0 Å². The molecule has 2 aromatic rings. The topological polar surface area (TPSA) is 62.2 Å². The van der Waals surface area contributed by atoms with E-state index in [9.17, 15) is 9.90 Å². The average Bonchev–Trinajstić information content (AvgIpc) is 2.33. The Kier molecular flexibility index (Phi) is 2.55. The molecule has 0 spiro atoms. The number of amides is 1. The van der Waals surface area contributed by atoms with E-state index in [4.69, 9.17) is 0 Å². The molecular weight excluding hydrogens is 204 g/mol. The number of aromatic hydroxyl groups is 1. The van der Waals surface area contributed by atoms with Gasteiger partial charge < -0.3 is 10.4 Å². The van der Waals surface area contributed by atoms with Crippen LogP contribution in [-0.2, 0) is 4.79 Å². The molecule has 80 valence electrons. The van der Waals surface area contributed by atoms with Crippen LogP contribution < -0.4 is 5.32 Å². The number of benzene rings is 1. The van der Waals surface area contributed by atoms with Crippen LogP contribution in [0.3, 0.4) is 0 Å². The Morgan fingerprint density at radius 2 is 2.19 bits per heavy atom. The number of pyridine rings is 1. The highest BCUT2D eigenvalue weighted by Crippen LogP contribution is 2.29. The van der Waals surface area contributed by atoms with E-state index >= 15 is 0 Å². The van der Waals surface area contributed by atoms with Crippen molar-refractivity contribution >= 4 is 22.4 Å². The fourth-order valence-corrected chi connectivity index (χ4v) is 1.47. The van der Waals surface area contributed by atoms with Gasteiger partial charge in [0.15, 0.2) is 0 Å². The summed E-state index contributed by atoms with van der Waals surface area (Å²) in [6.45, 7) is 3.38. The number of nitrogens with zero attached hydrogens (tertiary/aromatic N) is 1. The Morgan fingerprint density at radius 3 is 2.94 bits per heavy atom. The van der Waals surface area contributed by atoms with Crippen LogP contribution in [0.25, 0.3) is 10.8 Å².